The van der Waals surface area contributed by atoms with Gasteiger partial charge in [0.15, 0.2) is 0 Å². The standard InChI is InChI=1S/C33H41FN4O6/c1-33(19-23-20-35-27-14-8-6-12-25(23)27,37-32(43)44-28-15-9-7-13-26(28)34)31(42)38(2)24(18-22-10-4-3-5-11-22)21-36-29(39)16-17-30(40)41/h3-6,8,10-12,14,20,24,26,28,35H,7,9,13,15-19,21H2,1-2H3,(H,36,39)(H,37,43)(H,40,41)/t24-,26+,28-,33?/m1/s1. The first-order chi connectivity index (χ1) is 21.1. The van der Waals surface area contributed by atoms with E-state index in [-0.39, 0.29) is 25.8 Å². The van der Waals surface area contributed by atoms with Crippen LogP contribution >= 0.6 is 0 Å². The van der Waals surface area contributed by atoms with Gasteiger partial charge in [-0.05, 0) is 49.8 Å². The minimum absolute atomic E-state index is 0.0643. The first-order valence-corrected chi connectivity index (χ1v) is 15.0. The number of hydrogen-bond acceptors (Lipinski definition) is 5. The van der Waals surface area contributed by atoms with Gasteiger partial charge >= 0.3 is 12.1 Å². The number of H-pyrrole nitrogens is 1. The van der Waals surface area contributed by atoms with Crippen molar-refractivity contribution in [1.29, 1.82) is 0 Å². The second-order valence-corrected chi connectivity index (χ2v) is 11.7. The van der Waals surface area contributed by atoms with Gasteiger partial charge < -0.3 is 30.4 Å². The molecule has 236 valence electrons. The monoisotopic (exact) mass is 608 g/mol. The summed E-state index contributed by atoms with van der Waals surface area (Å²) >= 11 is 0. The Bertz CT molecular complexity index is 1450. The van der Waals surface area contributed by atoms with Crippen molar-refractivity contribution in [1.82, 2.24) is 20.5 Å². The maximum Gasteiger partial charge on any atom is 0.408 e. The number of alkyl halides is 1. The molecule has 10 nitrogen and oxygen atoms in total. The molecule has 4 rings (SSSR count). The Morgan fingerprint density at radius 1 is 1.07 bits per heavy atom. The highest BCUT2D eigenvalue weighted by Gasteiger charge is 2.41. The number of para-hydroxylation sites is 1. The number of carbonyl (C=O) groups excluding carboxylic acids is 3. The number of ether oxygens (including phenoxy) is 1. The minimum Gasteiger partial charge on any atom is -0.481 e. The lowest BCUT2D eigenvalue weighted by Crippen LogP contribution is -2.61. The Hall–Kier alpha value is -4.41. The number of aromatic nitrogens is 1. The molecule has 1 aromatic heterocycles. The average Bonchev–Trinajstić information content (AvgIpc) is 3.41. The highest BCUT2D eigenvalue weighted by Crippen LogP contribution is 2.27. The number of amides is 3. The van der Waals surface area contributed by atoms with Crippen molar-refractivity contribution in [3.8, 4) is 0 Å². The largest absolute Gasteiger partial charge is 0.481 e. The summed E-state index contributed by atoms with van der Waals surface area (Å²) < 4.78 is 20.0. The van der Waals surface area contributed by atoms with E-state index in [4.69, 9.17) is 9.84 Å². The number of carboxylic acid groups (broad SMARTS) is 1. The van der Waals surface area contributed by atoms with Crippen LogP contribution in [0.15, 0.2) is 60.8 Å². The van der Waals surface area contributed by atoms with Crippen molar-refractivity contribution < 1.29 is 33.4 Å². The lowest BCUT2D eigenvalue weighted by atomic mass is 9.90. The molecule has 4 N–H and O–H groups in total. The number of hydrogen-bond donors (Lipinski definition) is 4. The number of benzene rings is 2. The summed E-state index contributed by atoms with van der Waals surface area (Å²) in [4.78, 5) is 55.6. The Kier molecular flexibility index (Phi) is 11.0. The number of aliphatic carboxylic acids is 1. The quantitative estimate of drug-likeness (QED) is 0.225. The van der Waals surface area contributed by atoms with Crippen LogP contribution in [0, 0.1) is 0 Å². The van der Waals surface area contributed by atoms with E-state index in [1.165, 1.54) is 4.90 Å². The van der Waals surface area contributed by atoms with Gasteiger partial charge in [-0.1, -0.05) is 55.0 Å². The molecule has 0 bridgehead atoms. The van der Waals surface area contributed by atoms with E-state index < -0.39 is 47.7 Å². The number of carbonyl (C=O) groups is 4. The van der Waals surface area contributed by atoms with Gasteiger partial charge in [0.05, 0.1) is 12.5 Å². The number of rotatable bonds is 13. The number of halogens is 1. The fourth-order valence-electron chi connectivity index (χ4n) is 5.74. The molecule has 0 aliphatic heterocycles. The summed E-state index contributed by atoms with van der Waals surface area (Å²) in [5, 5.41) is 15.4. The average molecular weight is 609 g/mol. The number of likely N-dealkylation sites (N-methyl/N-ethyl adjacent to an activating group) is 1. The fraction of sp³-hybridized carbons (Fsp3) is 0.455. The molecular weight excluding hydrogens is 567 g/mol. The first-order valence-electron chi connectivity index (χ1n) is 15.0. The second-order valence-electron chi connectivity index (χ2n) is 11.7. The zero-order valence-electron chi connectivity index (χ0n) is 25.2. The molecule has 2 aromatic carbocycles. The SMILES string of the molecule is CN(C(=O)C(C)(Cc1c[nH]c2ccccc12)NC(=O)O[C@@H]1CCCC[C@@H]1F)[C@@H](CNC(=O)CCC(=O)O)Cc1ccccc1. The third-order valence-corrected chi connectivity index (χ3v) is 8.23. The summed E-state index contributed by atoms with van der Waals surface area (Å²) in [6.07, 6.45) is 1.04. The van der Waals surface area contributed by atoms with Crippen molar-refractivity contribution in [2.45, 2.75) is 82.1 Å². The van der Waals surface area contributed by atoms with Crippen LogP contribution in [0.1, 0.15) is 56.6 Å². The summed E-state index contributed by atoms with van der Waals surface area (Å²) in [5.41, 5.74) is 1.10. The van der Waals surface area contributed by atoms with Gasteiger partial charge in [0.2, 0.25) is 11.8 Å². The smallest absolute Gasteiger partial charge is 0.408 e. The number of nitrogens with zero attached hydrogens (tertiary/aromatic N) is 1. The van der Waals surface area contributed by atoms with Gasteiger partial charge in [-0.3, -0.25) is 14.4 Å². The molecule has 0 spiro atoms. The highest BCUT2D eigenvalue weighted by atomic mass is 19.1. The van der Waals surface area contributed by atoms with Crippen LogP contribution in [-0.2, 0) is 32.0 Å². The van der Waals surface area contributed by atoms with Crippen molar-refractivity contribution >= 4 is 34.8 Å². The van der Waals surface area contributed by atoms with Gasteiger partial charge in [-0.25, -0.2) is 9.18 Å². The van der Waals surface area contributed by atoms with E-state index in [0.29, 0.717) is 19.3 Å². The third kappa shape index (κ3) is 8.58. The molecule has 44 heavy (non-hydrogen) atoms. The van der Waals surface area contributed by atoms with Crippen molar-refractivity contribution in [2.24, 2.45) is 0 Å². The van der Waals surface area contributed by atoms with Crippen molar-refractivity contribution in [3.05, 3.63) is 71.9 Å². The predicted molar refractivity (Wildman–Crippen MR) is 164 cm³/mol. The molecule has 3 aromatic rings. The Balaban J connectivity index is 1.59. The zero-order chi connectivity index (χ0) is 31.7. The molecule has 1 saturated carbocycles. The number of aromatic amines is 1. The lowest BCUT2D eigenvalue weighted by molar-refractivity contribution is -0.139. The van der Waals surface area contributed by atoms with E-state index >= 15 is 0 Å². The molecule has 0 radical (unpaired) electrons. The van der Waals surface area contributed by atoms with Crippen LogP contribution in [0.4, 0.5) is 9.18 Å². The van der Waals surface area contributed by atoms with Crippen LogP contribution in [0.25, 0.3) is 10.9 Å². The molecule has 11 heteroatoms. The van der Waals surface area contributed by atoms with Crippen molar-refractivity contribution in [3.63, 3.8) is 0 Å². The van der Waals surface area contributed by atoms with Gasteiger partial charge in [-0.2, -0.15) is 0 Å². The lowest BCUT2D eigenvalue weighted by Gasteiger charge is -2.38. The van der Waals surface area contributed by atoms with E-state index in [1.807, 2.05) is 54.6 Å². The van der Waals surface area contributed by atoms with Crippen molar-refractivity contribution in [2.75, 3.05) is 13.6 Å². The normalized spacial score (nSPS) is 18.5. The van der Waals surface area contributed by atoms with E-state index in [0.717, 1.165) is 34.9 Å². The molecule has 0 saturated heterocycles. The Morgan fingerprint density at radius 3 is 2.50 bits per heavy atom. The molecule has 1 unspecified atom stereocenters. The summed E-state index contributed by atoms with van der Waals surface area (Å²) in [6.45, 7) is 1.68. The topological polar surface area (TPSA) is 141 Å². The highest BCUT2D eigenvalue weighted by molar-refractivity contribution is 5.92. The Morgan fingerprint density at radius 2 is 1.77 bits per heavy atom. The van der Waals surface area contributed by atoms with Crippen LogP contribution in [-0.4, -0.2) is 76.3 Å². The van der Waals surface area contributed by atoms with E-state index in [9.17, 15) is 23.6 Å². The maximum absolute atomic E-state index is 14.5. The summed E-state index contributed by atoms with van der Waals surface area (Å²) in [6, 6.07) is 16.5. The molecule has 1 fully saturated rings. The predicted octanol–water partition coefficient (Wildman–Crippen LogP) is 4.53. The Labute approximate surface area is 256 Å². The van der Waals surface area contributed by atoms with Crippen LogP contribution in [0.3, 0.4) is 0 Å². The first kappa shape index (κ1) is 32.5. The molecule has 1 aliphatic rings. The molecular formula is C33H41FN4O6. The van der Waals surface area contributed by atoms with Crippen LogP contribution < -0.4 is 10.6 Å². The summed E-state index contributed by atoms with van der Waals surface area (Å²) in [7, 11) is 1.61. The fourth-order valence-corrected chi connectivity index (χ4v) is 5.74. The van der Waals surface area contributed by atoms with Gasteiger partial charge in [-0.15, -0.1) is 0 Å². The number of fused-ring (bicyclic) bond motifs is 1. The number of nitrogens with one attached hydrogen (secondary N) is 3. The third-order valence-electron chi connectivity index (χ3n) is 8.23. The maximum atomic E-state index is 14.5. The minimum atomic E-state index is -1.50. The van der Waals surface area contributed by atoms with E-state index in [1.54, 1.807) is 20.2 Å². The van der Waals surface area contributed by atoms with Crippen LogP contribution in [0.5, 0.6) is 0 Å². The second kappa shape index (κ2) is 14.9. The van der Waals surface area contributed by atoms with Gasteiger partial charge in [0, 0.05) is 43.5 Å². The summed E-state index contributed by atoms with van der Waals surface area (Å²) in [5.74, 6) is -1.95. The molecule has 1 heterocycles. The van der Waals surface area contributed by atoms with Gasteiger partial charge in [0.25, 0.3) is 0 Å². The van der Waals surface area contributed by atoms with Crippen LogP contribution in [0.2, 0.25) is 0 Å². The molecule has 3 amide bonds. The number of carboxylic acids is 1. The molecule has 1 aliphatic carbocycles. The van der Waals surface area contributed by atoms with Gasteiger partial charge in [0.1, 0.15) is 17.8 Å². The zero-order valence-corrected chi connectivity index (χ0v) is 25.2. The van der Waals surface area contributed by atoms with E-state index in [2.05, 4.69) is 15.6 Å². The molecule has 4 atom stereocenters. The number of alkyl carbamates (subject to hydrolysis) is 1.